The van der Waals surface area contributed by atoms with Gasteiger partial charge >= 0.3 is 0 Å². The number of hydrogen-bond acceptors (Lipinski definition) is 4. The van der Waals surface area contributed by atoms with Gasteiger partial charge in [0.2, 0.25) is 0 Å². The van der Waals surface area contributed by atoms with Gasteiger partial charge in [-0.05, 0) is 12.1 Å². The predicted molar refractivity (Wildman–Crippen MR) is 98.9 cm³/mol. The van der Waals surface area contributed by atoms with Gasteiger partial charge in [-0.15, -0.1) is 0 Å². The van der Waals surface area contributed by atoms with Crippen LogP contribution in [0.4, 0.5) is 0 Å². The van der Waals surface area contributed by atoms with E-state index in [1.165, 1.54) is 0 Å². The number of aromatic nitrogens is 4. The average Bonchev–Trinajstić information content (AvgIpc) is 2.69. The van der Waals surface area contributed by atoms with Crippen molar-refractivity contribution in [3.63, 3.8) is 0 Å². The fourth-order valence-electron chi connectivity index (χ4n) is 2.45. The molecule has 0 aliphatic carbocycles. The van der Waals surface area contributed by atoms with Gasteiger partial charge in [0.05, 0.1) is 0 Å². The van der Waals surface area contributed by atoms with E-state index in [-0.39, 0.29) is 0 Å². The van der Waals surface area contributed by atoms with E-state index in [2.05, 4.69) is 19.9 Å². The first kappa shape index (κ1) is 15.4. The van der Waals surface area contributed by atoms with E-state index >= 15 is 0 Å². The molecule has 0 aliphatic rings. The molecule has 120 valence electrons. The molecule has 2 heterocycles. The lowest BCUT2D eigenvalue weighted by Gasteiger charge is -2.08. The van der Waals surface area contributed by atoms with Crippen LogP contribution in [-0.2, 0) is 0 Å². The summed E-state index contributed by atoms with van der Waals surface area (Å²) in [5, 5.41) is 0.435. The molecular formula is C20H13ClN4. The van der Waals surface area contributed by atoms with Gasteiger partial charge in [0.15, 0.2) is 17.5 Å². The van der Waals surface area contributed by atoms with Gasteiger partial charge in [-0.3, -0.25) is 0 Å². The topological polar surface area (TPSA) is 51.6 Å². The number of nitrogens with zero attached hydrogens (tertiary/aromatic N) is 4. The lowest BCUT2D eigenvalue weighted by Crippen LogP contribution is -2.00. The van der Waals surface area contributed by atoms with Crippen molar-refractivity contribution in [3.8, 4) is 34.2 Å². The molecule has 2 aromatic carbocycles. The molecule has 2 aromatic heterocycles. The van der Waals surface area contributed by atoms with Crippen molar-refractivity contribution in [1.29, 1.82) is 0 Å². The summed E-state index contributed by atoms with van der Waals surface area (Å²) in [6.07, 6.45) is 1.67. The van der Waals surface area contributed by atoms with Gasteiger partial charge < -0.3 is 0 Å². The maximum absolute atomic E-state index is 5.89. The highest BCUT2D eigenvalue weighted by molar-refractivity contribution is 6.29. The van der Waals surface area contributed by atoms with Crippen molar-refractivity contribution in [2.45, 2.75) is 0 Å². The minimum atomic E-state index is 0.435. The molecule has 4 nitrogen and oxygen atoms in total. The molecule has 0 aliphatic heterocycles. The Morgan fingerprint density at radius 2 is 1.00 bits per heavy atom. The van der Waals surface area contributed by atoms with Crippen LogP contribution >= 0.6 is 11.6 Å². The summed E-state index contributed by atoms with van der Waals surface area (Å²) < 4.78 is 0. The average molecular weight is 345 g/mol. The van der Waals surface area contributed by atoms with Crippen LogP contribution in [-0.4, -0.2) is 19.9 Å². The fourth-order valence-corrected chi connectivity index (χ4v) is 2.56. The Bertz CT molecular complexity index is 929. The van der Waals surface area contributed by atoms with Crippen LogP contribution in [0.25, 0.3) is 34.2 Å². The number of rotatable bonds is 3. The maximum Gasteiger partial charge on any atom is 0.165 e. The molecule has 4 aromatic rings. The third-order valence-electron chi connectivity index (χ3n) is 3.68. The van der Waals surface area contributed by atoms with Crippen LogP contribution < -0.4 is 0 Å². The van der Waals surface area contributed by atoms with E-state index in [4.69, 9.17) is 11.6 Å². The molecule has 0 N–H and O–H groups in total. The molecule has 0 spiro atoms. The Kier molecular flexibility index (Phi) is 4.19. The van der Waals surface area contributed by atoms with Crippen molar-refractivity contribution in [3.05, 3.63) is 84.1 Å². The summed E-state index contributed by atoms with van der Waals surface area (Å²) in [5.74, 6) is 1.82. The third kappa shape index (κ3) is 3.39. The predicted octanol–water partition coefficient (Wildman–Crippen LogP) is 4.92. The second-order valence-electron chi connectivity index (χ2n) is 5.41. The summed E-state index contributed by atoms with van der Waals surface area (Å²) in [6.45, 7) is 0. The first-order valence-corrected chi connectivity index (χ1v) is 8.16. The van der Waals surface area contributed by atoms with Gasteiger partial charge in [-0.1, -0.05) is 72.3 Å². The van der Waals surface area contributed by atoms with E-state index < -0.39 is 0 Å². The highest BCUT2D eigenvalue weighted by atomic mass is 35.5. The summed E-state index contributed by atoms with van der Waals surface area (Å²) >= 11 is 5.89. The molecule has 4 rings (SSSR count). The quantitative estimate of drug-likeness (QED) is 0.495. The van der Waals surface area contributed by atoms with Crippen molar-refractivity contribution in [2.24, 2.45) is 0 Å². The Balaban J connectivity index is 1.90. The van der Waals surface area contributed by atoms with Gasteiger partial charge in [-0.2, -0.15) is 0 Å². The fraction of sp³-hybridized carbons (Fsp3) is 0. The zero-order valence-electron chi connectivity index (χ0n) is 13.2. The van der Waals surface area contributed by atoms with Crippen LogP contribution in [0.3, 0.4) is 0 Å². The summed E-state index contributed by atoms with van der Waals surface area (Å²) in [5.41, 5.74) is 2.66. The van der Waals surface area contributed by atoms with E-state index in [0.717, 1.165) is 16.7 Å². The highest BCUT2D eigenvalue weighted by Gasteiger charge is 2.12. The largest absolute Gasteiger partial charge is 0.244 e. The van der Waals surface area contributed by atoms with Crippen molar-refractivity contribution in [1.82, 2.24) is 19.9 Å². The van der Waals surface area contributed by atoms with E-state index in [1.807, 2.05) is 66.7 Å². The van der Waals surface area contributed by atoms with Crippen LogP contribution in [0.15, 0.2) is 79.0 Å². The minimum Gasteiger partial charge on any atom is -0.244 e. The molecule has 25 heavy (non-hydrogen) atoms. The highest BCUT2D eigenvalue weighted by Crippen LogP contribution is 2.24. The number of benzene rings is 2. The lowest BCUT2D eigenvalue weighted by atomic mass is 10.2. The monoisotopic (exact) mass is 344 g/mol. The summed E-state index contributed by atoms with van der Waals surface area (Å²) in [4.78, 5) is 18.0. The first-order chi connectivity index (χ1) is 12.3. The molecule has 0 saturated heterocycles. The molecule has 5 heteroatoms. The second kappa shape index (κ2) is 6.79. The number of hydrogen-bond donors (Lipinski definition) is 0. The van der Waals surface area contributed by atoms with Gasteiger partial charge in [0, 0.05) is 22.9 Å². The smallest absolute Gasteiger partial charge is 0.165 e. The van der Waals surface area contributed by atoms with Gasteiger partial charge in [0.1, 0.15) is 5.15 Å². The van der Waals surface area contributed by atoms with Crippen LogP contribution in [0.2, 0.25) is 5.15 Å². The first-order valence-electron chi connectivity index (χ1n) is 7.78. The van der Waals surface area contributed by atoms with Gasteiger partial charge in [-0.25, -0.2) is 19.9 Å². The minimum absolute atomic E-state index is 0.435. The van der Waals surface area contributed by atoms with Crippen LogP contribution in [0, 0.1) is 0 Å². The molecule has 0 amide bonds. The molecule has 0 unspecified atom stereocenters. The van der Waals surface area contributed by atoms with Crippen molar-refractivity contribution < 1.29 is 0 Å². The van der Waals surface area contributed by atoms with Crippen molar-refractivity contribution >= 4 is 11.6 Å². The Morgan fingerprint density at radius 1 is 0.520 bits per heavy atom. The zero-order valence-corrected chi connectivity index (χ0v) is 13.9. The zero-order chi connectivity index (χ0) is 17.1. The number of pyridine rings is 1. The Labute approximate surface area is 150 Å². The maximum atomic E-state index is 5.89. The third-order valence-corrected chi connectivity index (χ3v) is 3.91. The SMILES string of the molecule is Clc1ccc(-c2nc(-c3ccccc3)nc(-c3ccccc3)n2)cn1. The van der Waals surface area contributed by atoms with E-state index in [9.17, 15) is 0 Å². The molecule has 0 radical (unpaired) electrons. The Morgan fingerprint density at radius 3 is 1.44 bits per heavy atom. The van der Waals surface area contributed by atoms with E-state index in [0.29, 0.717) is 22.6 Å². The lowest BCUT2D eigenvalue weighted by molar-refractivity contribution is 1.07. The standard InChI is InChI=1S/C20H13ClN4/c21-17-12-11-16(13-22-17)20-24-18(14-7-3-1-4-8-14)23-19(25-20)15-9-5-2-6-10-15/h1-13H. The van der Waals surface area contributed by atoms with Gasteiger partial charge in [0.25, 0.3) is 0 Å². The second-order valence-corrected chi connectivity index (χ2v) is 5.80. The molecule has 0 saturated carbocycles. The summed E-state index contributed by atoms with van der Waals surface area (Å²) in [6, 6.07) is 23.3. The Hall–Kier alpha value is -3.11. The molecule has 0 atom stereocenters. The number of halogens is 1. The van der Waals surface area contributed by atoms with E-state index in [1.54, 1.807) is 12.3 Å². The van der Waals surface area contributed by atoms with Crippen molar-refractivity contribution in [2.75, 3.05) is 0 Å². The summed E-state index contributed by atoms with van der Waals surface area (Å²) in [7, 11) is 0. The molecular weight excluding hydrogens is 332 g/mol. The molecule has 0 bridgehead atoms. The van der Waals surface area contributed by atoms with Crippen LogP contribution in [0.5, 0.6) is 0 Å². The van der Waals surface area contributed by atoms with Crippen LogP contribution in [0.1, 0.15) is 0 Å². The molecule has 0 fully saturated rings. The normalized spacial score (nSPS) is 10.6.